The number of nitro groups is 1. The number of anilines is 1. The Labute approximate surface area is 155 Å². The first-order chi connectivity index (χ1) is 13.0. The molecular weight excluding hydrogens is 350 g/mol. The van der Waals surface area contributed by atoms with Crippen molar-refractivity contribution in [3.05, 3.63) is 69.8 Å². The van der Waals surface area contributed by atoms with Crippen molar-refractivity contribution in [3.8, 4) is 0 Å². The van der Waals surface area contributed by atoms with Crippen LogP contribution in [0.1, 0.15) is 34.7 Å². The zero-order chi connectivity index (χ0) is 19.4. The molecular formula is C19H19N3O5. The van der Waals surface area contributed by atoms with Gasteiger partial charge in [-0.1, -0.05) is 30.3 Å². The quantitative estimate of drug-likeness (QED) is 0.486. The van der Waals surface area contributed by atoms with Crippen LogP contribution in [0.25, 0.3) is 0 Å². The van der Waals surface area contributed by atoms with Crippen LogP contribution >= 0.6 is 0 Å². The highest BCUT2D eigenvalue weighted by molar-refractivity contribution is 5.96. The summed E-state index contributed by atoms with van der Waals surface area (Å²) < 4.78 is 0. The lowest BCUT2D eigenvalue weighted by Gasteiger charge is -2.14. The Bertz CT molecular complexity index is 865. The third-order valence-corrected chi connectivity index (χ3v) is 4.36. The van der Waals surface area contributed by atoms with Gasteiger partial charge in [-0.05, 0) is 30.5 Å². The number of nitro benzene ring substituents is 1. The van der Waals surface area contributed by atoms with Gasteiger partial charge >= 0.3 is 5.97 Å². The van der Waals surface area contributed by atoms with Gasteiger partial charge in [-0.25, -0.2) is 0 Å². The highest BCUT2D eigenvalue weighted by atomic mass is 16.6. The van der Waals surface area contributed by atoms with Gasteiger partial charge in [0.25, 0.3) is 11.6 Å². The maximum Gasteiger partial charge on any atom is 0.312 e. The standard InChI is InChI=1S/C19H19N3O5/c23-18(20-11-15(19(24)25)12-4-2-1-3-5-12)13-6-9-16(21-14-7-8-14)17(10-13)22(26)27/h1-6,9-10,14-15,21H,7-8,11H2,(H,20,23)(H,24,25). The summed E-state index contributed by atoms with van der Waals surface area (Å²) in [5, 5.41) is 26.3. The lowest BCUT2D eigenvalue weighted by atomic mass is 9.99. The number of benzene rings is 2. The average molecular weight is 369 g/mol. The van der Waals surface area contributed by atoms with E-state index in [1.165, 1.54) is 18.2 Å². The van der Waals surface area contributed by atoms with Crippen molar-refractivity contribution in [2.24, 2.45) is 0 Å². The lowest BCUT2D eigenvalue weighted by molar-refractivity contribution is -0.384. The van der Waals surface area contributed by atoms with Gasteiger partial charge in [0.15, 0.2) is 0 Å². The number of hydrogen-bond donors (Lipinski definition) is 3. The van der Waals surface area contributed by atoms with Crippen LogP contribution in [0.4, 0.5) is 11.4 Å². The Morgan fingerprint density at radius 1 is 1.19 bits per heavy atom. The molecule has 0 spiro atoms. The number of carboxylic acids is 1. The maximum atomic E-state index is 12.4. The fourth-order valence-electron chi connectivity index (χ4n) is 2.72. The maximum absolute atomic E-state index is 12.4. The first kappa shape index (κ1) is 18.4. The van der Waals surface area contributed by atoms with E-state index in [1.54, 1.807) is 30.3 Å². The molecule has 0 bridgehead atoms. The van der Waals surface area contributed by atoms with E-state index in [2.05, 4.69) is 10.6 Å². The second-order valence-corrected chi connectivity index (χ2v) is 6.42. The summed E-state index contributed by atoms with van der Waals surface area (Å²) in [5.74, 6) is -2.52. The van der Waals surface area contributed by atoms with Gasteiger partial charge in [0.05, 0.1) is 10.8 Å². The third-order valence-electron chi connectivity index (χ3n) is 4.36. The van der Waals surface area contributed by atoms with Gasteiger partial charge in [-0.3, -0.25) is 19.7 Å². The first-order valence-corrected chi connectivity index (χ1v) is 8.56. The van der Waals surface area contributed by atoms with Crippen molar-refractivity contribution in [3.63, 3.8) is 0 Å². The predicted octanol–water partition coefficient (Wildman–Crippen LogP) is 2.77. The molecule has 140 valence electrons. The number of carboxylic acid groups (broad SMARTS) is 1. The third kappa shape index (κ3) is 4.60. The molecule has 3 rings (SSSR count). The molecule has 2 aromatic carbocycles. The van der Waals surface area contributed by atoms with Crippen LogP contribution in [-0.4, -0.2) is 34.5 Å². The topological polar surface area (TPSA) is 122 Å². The molecule has 0 heterocycles. The summed E-state index contributed by atoms with van der Waals surface area (Å²) in [6.07, 6.45) is 1.94. The van der Waals surface area contributed by atoms with Gasteiger partial charge in [0.1, 0.15) is 5.69 Å². The number of rotatable bonds is 8. The molecule has 1 aliphatic carbocycles. The fraction of sp³-hybridized carbons (Fsp3) is 0.263. The molecule has 1 amide bonds. The van der Waals surface area contributed by atoms with Crippen molar-refractivity contribution >= 4 is 23.3 Å². The number of hydrogen-bond acceptors (Lipinski definition) is 5. The van der Waals surface area contributed by atoms with E-state index in [9.17, 15) is 24.8 Å². The molecule has 3 N–H and O–H groups in total. The Morgan fingerprint density at radius 3 is 2.48 bits per heavy atom. The Kier molecular flexibility index (Phi) is 5.35. The van der Waals surface area contributed by atoms with E-state index in [0.717, 1.165) is 12.8 Å². The number of carbonyl (C=O) groups is 2. The number of nitrogens with zero attached hydrogens (tertiary/aromatic N) is 1. The van der Waals surface area contributed by atoms with Crippen LogP contribution < -0.4 is 10.6 Å². The normalized spacial score (nSPS) is 14.2. The van der Waals surface area contributed by atoms with Crippen molar-refractivity contribution in [1.82, 2.24) is 5.32 Å². The van der Waals surface area contributed by atoms with Gasteiger partial charge in [-0.2, -0.15) is 0 Å². The molecule has 8 heteroatoms. The van der Waals surface area contributed by atoms with Crippen molar-refractivity contribution in [2.75, 3.05) is 11.9 Å². The molecule has 0 aromatic heterocycles. The van der Waals surface area contributed by atoms with Crippen LogP contribution in [0.3, 0.4) is 0 Å². The molecule has 1 saturated carbocycles. The summed E-state index contributed by atoms with van der Waals surface area (Å²) in [7, 11) is 0. The van der Waals surface area contributed by atoms with Crippen molar-refractivity contribution in [2.45, 2.75) is 24.8 Å². The summed E-state index contributed by atoms with van der Waals surface area (Å²) in [5.41, 5.74) is 0.889. The van der Waals surface area contributed by atoms with E-state index >= 15 is 0 Å². The van der Waals surface area contributed by atoms with E-state index in [-0.39, 0.29) is 23.8 Å². The largest absolute Gasteiger partial charge is 0.481 e. The fourth-order valence-corrected chi connectivity index (χ4v) is 2.72. The molecule has 2 aromatic rings. The van der Waals surface area contributed by atoms with E-state index < -0.39 is 22.7 Å². The molecule has 8 nitrogen and oxygen atoms in total. The molecule has 1 fully saturated rings. The van der Waals surface area contributed by atoms with Crippen molar-refractivity contribution in [1.29, 1.82) is 0 Å². The number of carbonyl (C=O) groups excluding carboxylic acids is 1. The average Bonchev–Trinajstić information content (AvgIpc) is 3.46. The second-order valence-electron chi connectivity index (χ2n) is 6.42. The second kappa shape index (κ2) is 7.86. The molecule has 0 radical (unpaired) electrons. The van der Waals surface area contributed by atoms with Crippen LogP contribution in [-0.2, 0) is 4.79 Å². The minimum absolute atomic E-state index is 0.111. The van der Waals surface area contributed by atoms with Gasteiger partial charge in [0.2, 0.25) is 0 Å². The Hall–Kier alpha value is -3.42. The number of aliphatic carboxylic acids is 1. The SMILES string of the molecule is O=C(NCC(C(=O)O)c1ccccc1)c1ccc(NC2CC2)c([N+](=O)[O-])c1. The van der Waals surface area contributed by atoms with Gasteiger partial charge < -0.3 is 15.7 Å². The molecule has 0 saturated heterocycles. The Balaban J connectivity index is 1.72. The predicted molar refractivity (Wildman–Crippen MR) is 98.9 cm³/mol. The molecule has 0 aliphatic heterocycles. The van der Waals surface area contributed by atoms with Crippen LogP contribution in [0, 0.1) is 10.1 Å². The van der Waals surface area contributed by atoms with Gasteiger partial charge in [0, 0.05) is 24.2 Å². The zero-order valence-electron chi connectivity index (χ0n) is 14.4. The van der Waals surface area contributed by atoms with Crippen LogP contribution in [0.15, 0.2) is 48.5 Å². The van der Waals surface area contributed by atoms with Gasteiger partial charge in [-0.15, -0.1) is 0 Å². The zero-order valence-corrected chi connectivity index (χ0v) is 14.4. The number of amides is 1. The van der Waals surface area contributed by atoms with Crippen LogP contribution in [0.2, 0.25) is 0 Å². The first-order valence-electron chi connectivity index (χ1n) is 8.56. The molecule has 1 unspecified atom stereocenters. The monoisotopic (exact) mass is 369 g/mol. The minimum Gasteiger partial charge on any atom is -0.481 e. The summed E-state index contributed by atoms with van der Waals surface area (Å²) >= 11 is 0. The van der Waals surface area contributed by atoms with E-state index in [1.807, 2.05) is 0 Å². The highest BCUT2D eigenvalue weighted by Gasteiger charge is 2.26. The van der Waals surface area contributed by atoms with Crippen molar-refractivity contribution < 1.29 is 19.6 Å². The minimum atomic E-state index is -1.06. The van der Waals surface area contributed by atoms with Crippen LogP contribution in [0.5, 0.6) is 0 Å². The van der Waals surface area contributed by atoms with E-state index in [4.69, 9.17) is 0 Å². The molecule has 1 atom stereocenters. The summed E-state index contributed by atoms with van der Waals surface area (Å²) in [6.45, 7) is -0.117. The lowest BCUT2D eigenvalue weighted by Crippen LogP contribution is -2.31. The molecule has 27 heavy (non-hydrogen) atoms. The van der Waals surface area contributed by atoms with E-state index in [0.29, 0.717) is 11.3 Å². The Morgan fingerprint density at radius 2 is 1.89 bits per heavy atom. The molecule has 1 aliphatic rings. The smallest absolute Gasteiger partial charge is 0.312 e. The summed E-state index contributed by atoms with van der Waals surface area (Å²) in [6, 6.07) is 13.0. The highest BCUT2D eigenvalue weighted by Crippen LogP contribution is 2.31. The summed E-state index contributed by atoms with van der Waals surface area (Å²) in [4.78, 5) is 34.6. The number of nitrogens with one attached hydrogen (secondary N) is 2.